The fourth-order valence-electron chi connectivity index (χ4n) is 3.77. The maximum Gasteiger partial charge on any atom is 0.414 e. The number of anilines is 2. The second-order valence-electron chi connectivity index (χ2n) is 7.00. The van der Waals surface area contributed by atoms with Gasteiger partial charge in [0.25, 0.3) is 0 Å². The van der Waals surface area contributed by atoms with Gasteiger partial charge in [0.05, 0.1) is 15.7 Å². The standard InChI is InChI=1S/C19H19Cl2N3O4S/c20-15-2-1-3-17(18(15)21)29(26,27)23-8-6-14(7-9-23)24-16-5-4-13(22)10-12(16)11-28-19(24)25/h1-5,10,14H,6-9,11,22H2. The molecule has 2 aliphatic heterocycles. The van der Waals surface area contributed by atoms with Gasteiger partial charge >= 0.3 is 6.09 Å². The van der Waals surface area contributed by atoms with E-state index in [9.17, 15) is 13.2 Å². The van der Waals surface area contributed by atoms with Crippen LogP contribution in [0.2, 0.25) is 10.0 Å². The highest BCUT2D eigenvalue weighted by Crippen LogP contribution is 2.35. The van der Waals surface area contributed by atoms with E-state index in [0.717, 1.165) is 11.3 Å². The van der Waals surface area contributed by atoms with Crippen LogP contribution in [0.5, 0.6) is 0 Å². The summed E-state index contributed by atoms with van der Waals surface area (Å²) in [5, 5.41) is 0.206. The van der Waals surface area contributed by atoms with E-state index < -0.39 is 16.1 Å². The molecule has 2 N–H and O–H groups in total. The Morgan fingerprint density at radius 1 is 1.10 bits per heavy atom. The van der Waals surface area contributed by atoms with E-state index in [-0.39, 0.29) is 40.7 Å². The first-order chi connectivity index (χ1) is 13.8. The Kier molecular flexibility index (Phi) is 5.37. The van der Waals surface area contributed by atoms with Crippen molar-refractivity contribution >= 4 is 50.7 Å². The number of nitrogens with two attached hydrogens (primary N) is 1. The summed E-state index contributed by atoms with van der Waals surface area (Å²) >= 11 is 12.1. The molecule has 0 saturated carbocycles. The average molecular weight is 456 g/mol. The largest absolute Gasteiger partial charge is 0.444 e. The zero-order valence-electron chi connectivity index (χ0n) is 15.3. The molecule has 1 fully saturated rings. The second-order valence-corrected chi connectivity index (χ2v) is 9.69. The molecule has 0 aliphatic carbocycles. The van der Waals surface area contributed by atoms with Gasteiger partial charge in [-0.05, 0) is 43.2 Å². The van der Waals surface area contributed by atoms with Gasteiger partial charge in [-0.15, -0.1) is 0 Å². The Morgan fingerprint density at radius 2 is 1.83 bits per heavy atom. The van der Waals surface area contributed by atoms with Crippen LogP contribution in [0.1, 0.15) is 18.4 Å². The molecule has 2 aliphatic rings. The maximum absolute atomic E-state index is 13.0. The van der Waals surface area contributed by atoms with E-state index in [0.29, 0.717) is 18.5 Å². The molecule has 2 heterocycles. The number of nitrogens with zero attached hydrogens (tertiary/aromatic N) is 2. The van der Waals surface area contributed by atoms with Crippen molar-refractivity contribution in [1.29, 1.82) is 0 Å². The number of carbonyl (C=O) groups excluding carboxylic acids is 1. The number of benzene rings is 2. The van der Waals surface area contributed by atoms with Crippen LogP contribution in [-0.4, -0.2) is 37.9 Å². The first kappa shape index (κ1) is 20.3. The van der Waals surface area contributed by atoms with Crippen molar-refractivity contribution < 1.29 is 17.9 Å². The molecule has 0 radical (unpaired) electrons. The maximum atomic E-state index is 13.0. The summed E-state index contributed by atoms with van der Waals surface area (Å²) in [5.41, 5.74) is 8.03. The van der Waals surface area contributed by atoms with Crippen molar-refractivity contribution in [1.82, 2.24) is 4.31 Å². The number of amides is 1. The smallest absolute Gasteiger partial charge is 0.414 e. The van der Waals surface area contributed by atoms with Gasteiger partial charge in [-0.25, -0.2) is 13.2 Å². The normalized spacial score (nSPS) is 18.4. The number of hydrogen-bond acceptors (Lipinski definition) is 5. The Morgan fingerprint density at radius 3 is 2.55 bits per heavy atom. The van der Waals surface area contributed by atoms with Crippen LogP contribution in [0.25, 0.3) is 0 Å². The van der Waals surface area contributed by atoms with Crippen LogP contribution >= 0.6 is 23.2 Å². The van der Waals surface area contributed by atoms with E-state index in [4.69, 9.17) is 33.7 Å². The van der Waals surface area contributed by atoms with Crippen molar-refractivity contribution in [2.45, 2.75) is 30.4 Å². The number of fused-ring (bicyclic) bond motifs is 1. The number of hydrogen-bond donors (Lipinski definition) is 1. The Labute approximate surface area is 179 Å². The summed E-state index contributed by atoms with van der Waals surface area (Å²) in [4.78, 5) is 14.0. The molecule has 0 atom stereocenters. The third kappa shape index (κ3) is 3.66. The van der Waals surface area contributed by atoms with Crippen molar-refractivity contribution in [3.05, 3.63) is 52.0 Å². The summed E-state index contributed by atoms with van der Waals surface area (Å²) in [6.07, 6.45) is 0.508. The molecule has 2 aromatic rings. The predicted octanol–water partition coefficient (Wildman–Crippen LogP) is 3.89. The molecule has 1 saturated heterocycles. The van der Waals surface area contributed by atoms with Crippen molar-refractivity contribution in [2.75, 3.05) is 23.7 Å². The molecule has 0 bridgehead atoms. The summed E-state index contributed by atoms with van der Waals surface area (Å²) in [7, 11) is -3.78. The number of ether oxygens (including phenoxy) is 1. The van der Waals surface area contributed by atoms with Crippen LogP contribution in [-0.2, 0) is 21.4 Å². The summed E-state index contributed by atoms with van der Waals surface area (Å²) < 4.78 is 32.7. The van der Waals surface area contributed by atoms with Crippen LogP contribution in [0.4, 0.5) is 16.2 Å². The Hall–Kier alpha value is -2.00. The minimum absolute atomic E-state index is 0.0108. The first-order valence-corrected chi connectivity index (χ1v) is 11.3. The number of halogens is 2. The minimum Gasteiger partial charge on any atom is -0.444 e. The molecule has 1 amide bonds. The summed E-state index contributed by atoms with van der Waals surface area (Å²) in [6, 6.07) is 9.70. The predicted molar refractivity (Wildman–Crippen MR) is 112 cm³/mol. The number of cyclic esters (lactones) is 1. The Balaban J connectivity index is 1.54. The molecule has 7 nitrogen and oxygen atoms in total. The quantitative estimate of drug-likeness (QED) is 0.708. The first-order valence-electron chi connectivity index (χ1n) is 9.07. The zero-order chi connectivity index (χ0) is 20.8. The van der Waals surface area contributed by atoms with Gasteiger partial charge in [-0.2, -0.15) is 4.31 Å². The monoisotopic (exact) mass is 455 g/mol. The molecule has 29 heavy (non-hydrogen) atoms. The zero-order valence-corrected chi connectivity index (χ0v) is 17.7. The molecular weight excluding hydrogens is 437 g/mol. The SMILES string of the molecule is Nc1ccc2c(c1)COC(=O)N2C1CCN(S(=O)(=O)c2cccc(Cl)c2Cl)CC1. The van der Waals surface area contributed by atoms with Gasteiger partial charge in [-0.1, -0.05) is 29.3 Å². The lowest BCUT2D eigenvalue weighted by Gasteiger charge is -2.39. The fourth-order valence-corrected chi connectivity index (χ4v) is 5.98. The van der Waals surface area contributed by atoms with Crippen LogP contribution in [0.15, 0.2) is 41.3 Å². The number of piperidine rings is 1. The fraction of sp³-hybridized carbons (Fsp3) is 0.316. The van der Waals surface area contributed by atoms with E-state index in [1.807, 2.05) is 0 Å². The van der Waals surface area contributed by atoms with Gasteiger partial charge in [-0.3, -0.25) is 4.90 Å². The lowest BCUT2D eigenvalue weighted by atomic mass is 10.0. The number of rotatable bonds is 3. The van der Waals surface area contributed by atoms with E-state index in [1.165, 1.54) is 10.4 Å². The van der Waals surface area contributed by atoms with Gasteiger partial charge in [0.15, 0.2) is 0 Å². The highest BCUT2D eigenvalue weighted by atomic mass is 35.5. The highest BCUT2D eigenvalue weighted by Gasteiger charge is 2.37. The van der Waals surface area contributed by atoms with Crippen LogP contribution in [0, 0.1) is 0 Å². The topological polar surface area (TPSA) is 92.9 Å². The lowest BCUT2D eigenvalue weighted by molar-refractivity contribution is 0.136. The second kappa shape index (κ2) is 7.68. The van der Waals surface area contributed by atoms with E-state index >= 15 is 0 Å². The molecule has 0 aromatic heterocycles. The molecule has 0 unspecified atom stereocenters. The third-order valence-corrected chi connectivity index (χ3v) is 8.11. The van der Waals surface area contributed by atoms with Gasteiger partial charge in [0.1, 0.15) is 11.5 Å². The lowest BCUT2D eigenvalue weighted by Crippen LogP contribution is -2.50. The summed E-state index contributed by atoms with van der Waals surface area (Å²) in [5.74, 6) is 0. The van der Waals surface area contributed by atoms with Gasteiger partial charge < -0.3 is 10.5 Å². The molecule has 0 spiro atoms. The molecule has 10 heteroatoms. The number of sulfonamides is 1. The van der Waals surface area contributed by atoms with Crippen LogP contribution < -0.4 is 10.6 Å². The number of nitrogen functional groups attached to an aromatic ring is 1. The molecule has 154 valence electrons. The number of carbonyl (C=O) groups is 1. The molecular formula is C19H19Cl2N3O4S. The van der Waals surface area contributed by atoms with E-state index in [2.05, 4.69) is 0 Å². The molecule has 2 aromatic carbocycles. The van der Waals surface area contributed by atoms with Crippen molar-refractivity contribution in [3.8, 4) is 0 Å². The minimum atomic E-state index is -3.78. The summed E-state index contributed by atoms with van der Waals surface area (Å²) in [6.45, 7) is 0.685. The van der Waals surface area contributed by atoms with Gasteiger partial charge in [0, 0.05) is 30.4 Å². The van der Waals surface area contributed by atoms with Crippen molar-refractivity contribution in [2.24, 2.45) is 0 Å². The Bertz CT molecular complexity index is 1070. The van der Waals surface area contributed by atoms with Crippen LogP contribution in [0.3, 0.4) is 0 Å². The highest BCUT2D eigenvalue weighted by molar-refractivity contribution is 7.89. The third-order valence-electron chi connectivity index (χ3n) is 5.23. The van der Waals surface area contributed by atoms with E-state index in [1.54, 1.807) is 35.2 Å². The van der Waals surface area contributed by atoms with Gasteiger partial charge in [0.2, 0.25) is 10.0 Å². The van der Waals surface area contributed by atoms with Crippen molar-refractivity contribution in [3.63, 3.8) is 0 Å². The average Bonchev–Trinajstić information content (AvgIpc) is 2.70. The molecule has 4 rings (SSSR count).